The molecule has 4 rings (SSSR count). The first kappa shape index (κ1) is 23.9. The van der Waals surface area contributed by atoms with Gasteiger partial charge in [0.25, 0.3) is 0 Å². The van der Waals surface area contributed by atoms with E-state index in [4.69, 9.17) is 9.47 Å². The van der Waals surface area contributed by atoms with E-state index in [2.05, 4.69) is 6.92 Å². The minimum absolute atomic E-state index is 0.0477. The zero-order valence-electron chi connectivity index (χ0n) is 19.2. The molecule has 0 saturated heterocycles. The van der Waals surface area contributed by atoms with E-state index in [1.807, 2.05) is 0 Å². The maximum absolute atomic E-state index is 15.0. The molecule has 0 bridgehead atoms. The number of hydrogen-bond acceptors (Lipinski definition) is 3. The molecular weight excluding hydrogens is 441 g/mol. The Bertz CT molecular complexity index is 1170. The summed E-state index contributed by atoms with van der Waals surface area (Å²) in [5.74, 6) is -2.12. The second-order valence-corrected chi connectivity index (χ2v) is 8.72. The average Bonchev–Trinajstić information content (AvgIpc) is 2.86. The number of carbonyl (C=O) groups is 1. The first-order valence-electron chi connectivity index (χ1n) is 11.5. The van der Waals surface area contributed by atoms with Crippen LogP contribution in [0.5, 0.6) is 11.5 Å². The molecule has 1 aliphatic rings. The molecule has 1 aliphatic carbocycles. The molecule has 0 radical (unpaired) electrons. The van der Waals surface area contributed by atoms with Gasteiger partial charge in [-0.05, 0) is 72.9 Å². The first-order valence-corrected chi connectivity index (χ1v) is 11.5. The van der Waals surface area contributed by atoms with Crippen LogP contribution >= 0.6 is 0 Å². The van der Waals surface area contributed by atoms with Gasteiger partial charge in [-0.3, -0.25) is 0 Å². The highest BCUT2D eigenvalue weighted by Gasteiger charge is 2.26. The molecule has 1 fully saturated rings. The van der Waals surface area contributed by atoms with Crippen molar-refractivity contribution >= 4 is 5.97 Å². The molecule has 178 valence electrons. The molecule has 0 heterocycles. The topological polar surface area (TPSA) is 35.5 Å². The van der Waals surface area contributed by atoms with Gasteiger partial charge < -0.3 is 9.47 Å². The summed E-state index contributed by atoms with van der Waals surface area (Å²) in [5.41, 5.74) is 0.806. The zero-order chi connectivity index (χ0) is 24.2. The van der Waals surface area contributed by atoms with Crippen LogP contribution in [0.4, 0.5) is 13.2 Å². The number of benzene rings is 3. The molecule has 1 saturated carbocycles. The van der Waals surface area contributed by atoms with Crippen molar-refractivity contribution in [2.24, 2.45) is 5.92 Å². The number of methoxy groups -OCH3 is 1. The van der Waals surface area contributed by atoms with Crippen molar-refractivity contribution < 1.29 is 27.4 Å². The minimum Gasteiger partial charge on any atom is -0.497 e. The van der Waals surface area contributed by atoms with Crippen LogP contribution in [-0.4, -0.2) is 13.1 Å². The van der Waals surface area contributed by atoms with Crippen molar-refractivity contribution in [3.8, 4) is 22.6 Å². The van der Waals surface area contributed by atoms with Gasteiger partial charge in [0.15, 0.2) is 11.6 Å². The summed E-state index contributed by atoms with van der Waals surface area (Å²) in [4.78, 5) is 12.3. The Balaban J connectivity index is 1.48. The molecule has 0 amide bonds. The SMILES string of the molecule is CCC1CCC(c2ccc(-c3ccc(OC(=O)c4ccc(OC)cc4F)cc3)c(F)c2F)CC1. The van der Waals surface area contributed by atoms with E-state index in [-0.39, 0.29) is 28.5 Å². The third-order valence-corrected chi connectivity index (χ3v) is 6.75. The number of hydrogen-bond donors (Lipinski definition) is 0. The number of ether oxygens (including phenoxy) is 2. The third-order valence-electron chi connectivity index (χ3n) is 6.75. The molecule has 34 heavy (non-hydrogen) atoms. The number of halogens is 3. The quantitative estimate of drug-likeness (QED) is 0.275. The van der Waals surface area contributed by atoms with Gasteiger partial charge in [-0.15, -0.1) is 0 Å². The Morgan fingerprint density at radius 3 is 2.18 bits per heavy atom. The lowest BCUT2D eigenvalue weighted by atomic mass is 9.77. The highest BCUT2D eigenvalue weighted by atomic mass is 19.2. The van der Waals surface area contributed by atoms with Crippen molar-refractivity contribution in [1.29, 1.82) is 0 Å². The summed E-state index contributed by atoms with van der Waals surface area (Å²) in [6.07, 6.45) is 4.98. The standard InChI is InChI=1S/C28H27F3O3/c1-3-17-4-6-18(7-5-17)22-14-15-23(27(31)26(22)30)19-8-10-20(11-9-19)34-28(32)24-13-12-21(33-2)16-25(24)29/h8-18H,3-7H2,1-2H3. The number of rotatable bonds is 6. The van der Waals surface area contributed by atoms with Crippen molar-refractivity contribution in [2.45, 2.75) is 44.9 Å². The molecule has 0 aliphatic heterocycles. The maximum Gasteiger partial charge on any atom is 0.346 e. The van der Waals surface area contributed by atoms with Gasteiger partial charge >= 0.3 is 5.97 Å². The average molecular weight is 469 g/mol. The van der Waals surface area contributed by atoms with Crippen LogP contribution in [0.25, 0.3) is 11.1 Å². The lowest BCUT2D eigenvalue weighted by molar-refractivity contribution is 0.0730. The van der Waals surface area contributed by atoms with Crippen LogP contribution in [0, 0.1) is 23.4 Å². The Morgan fingerprint density at radius 2 is 1.56 bits per heavy atom. The van der Waals surface area contributed by atoms with E-state index in [1.165, 1.54) is 43.5 Å². The predicted molar refractivity (Wildman–Crippen MR) is 125 cm³/mol. The fourth-order valence-corrected chi connectivity index (χ4v) is 4.64. The Kier molecular flexibility index (Phi) is 7.25. The summed E-state index contributed by atoms with van der Waals surface area (Å²) in [5, 5.41) is 0. The van der Waals surface area contributed by atoms with Crippen LogP contribution in [0.3, 0.4) is 0 Å². The molecule has 3 aromatic rings. The van der Waals surface area contributed by atoms with E-state index < -0.39 is 23.4 Å². The maximum atomic E-state index is 15.0. The monoisotopic (exact) mass is 468 g/mol. The summed E-state index contributed by atoms with van der Waals surface area (Å²) in [6, 6.07) is 13.1. The molecule has 0 atom stereocenters. The smallest absolute Gasteiger partial charge is 0.346 e. The van der Waals surface area contributed by atoms with Gasteiger partial charge in [-0.1, -0.05) is 37.6 Å². The number of esters is 1. The van der Waals surface area contributed by atoms with Crippen molar-refractivity contribution in [3.63, 3.8) is 0 Å². The Hall–Kier alpha value is -3.28. The summed E-state index contributed by atoms with van der Waals surface area (Å²) < 4.78 is 54.2. The van der Waals surface area contributed by atoms with Gasteiger partial charge in [-0.2, -0.15) is 0 Å². The normalized spacial score (nSPS) is 17.9. The van der Waals surface area contributed by atoms with Crippen LogP contribution in [0.15, 0.2) is 54.6 Å². The van der Waals surface area contributed by atoms with Crippen molar-refractivity contribution in [1.82, 2.24) is 0 Å². The summed E-state index contributed by atoms with van der Waals surface area (Å²) in [6.45, 7) is 2.17. The fourth-order valence-electron chi connectivity index (χ4n) is 4.64. The van der Waals surface area contributed by atoms with Crippen LogP contribution < -0.4 is 9.47 Å². The lowest BCUT2D eigenvalue weighted by Gasteiger charge is -2.28. The van der Waals surface area contributed by atoms with Crippen LogP contribution in [-0.2, 0) is 0 Å². The molecule has 3 aromatic carbocycles. The Morgan fingerprint density at radius 1 is 0.882 bits per heavy atom. The van der Waals surface area contributed by atoms with Gasteiger partial charge in [0.05, 0.1) is 12.7 Å². The predicted octanol–water partition coefficient (Wildman–Crippen LogP) is 7.68. The van der Waals surface area contributed by atoms with E-state index in [0.717, 1.165) is 38.2 Å². The lowest BCUT2D eigenvalue weighted by Crippen LogP contribution is -2.14. The molecule has 3 nitrogen and oxygen atoms in total. The Labute approximate surface area is 197 Å². The van der Waals surface area contributed by atoms with E-state index in [9.17, 15) is 18.0 Å². The summed E-state index contributed by atoms with van der Waals surface area (Å²) in [7, 11) is 1.40. The van der Waals surface area contributed by atoms with E-state index >= 15 is 0 Å². The first-order chi connectivity index (χ1) is 16.4. The van der Waals surface area contributed by atoms with Crippen LogP contribution in [0.1, 0.15) is 60.9 Å². The molecule has 0 N–H and O–H groups in total. The van der Waals surface area contributed by atoms with Crippen molar-refractivity contribution in [3.05, 3.63) is 83.2 Å². The molecule has 0 aromatic heterocycles. The third kappa shape index (κ3) is 4.96. The fraction of sp³-hybridized carbons (Fsp3) is 0.321. The highest BCUT2D eigenvalue weighted by molar-refractivity contribution is 5.91. The van der Waals surface area contributed by atoms with E-state index in [0.29, 0.717) is 17.0 Å². The second kappa shape index (κ2) is 10.3. The van der Waals surface area contributed by atoms with Gasteiger partial charge in [0.2, 0.25) is 0 Å². The minimum atomic E-state index is -0.875. The van der Waals surface area contributed by atoms with Gasteiger partial charge in [-0.25, -0.2) is 18.0 Å². The van der Waals surface area contributed by atoms with Crippen molar-refractivity contribution in [2.75, 3.05) is 7.11 Å². The molecule has 0 unspecified atom stereocenters. The molecule has 6 heteroatoms. The highest BCUT2D eigenvalue weighted by Crippen LogP contribution is 2.39. The summed E-state index contributed by atoms with van der Waals surface area (Å²) >= 11 is 0. The van der Waals surface area contributed by atoms with Crippen LogP contribution in [0.2, 0.25) is 0 Å². The molecular formula is C28H27F3O3. The second-order valence-electron chi connectivity index (χ2n) is 8.72. The number of carbonyl (C=O) groups excluding carboxylic acids is 1. The van der Waals surface area contributed by atoms with Gasteiger partial charge in [0.1, 0.15) is 17.3 Å². The van der Waals surface area contributed by atoms with Gasteiger partial charge in [0, 0.05) is 11.6 Å². The molecule has 0 spiro atoms. The van der Waals surface area contributed by atoms with E-state index in [1.54, 1.807) is 12.1 Å². The largest absolute Gasteiger partial charge is 0.497 e. The zero-order valence-corrected chi connectivity index (χ0v) is 19.2.